The lowest BCUT2D eigenvalue weighted by Crippen LogP contribution is -2.01. The molecule has 2 aromatic carbocycles. The van der Waals surface area contributed by atoms with Crippen molar-refractivity contribution >= 4 is 11.0 Å². The molecule has 3 rings (SSSR count). The van der Waals surface area contributed by atoms with Crippen molar-refractivity contribution in [1.29, 1.82) is 0 Å². The highest BCUT2D eigenvalue weighted by Gasteiger charge is 2.04. The van der Waals surface area contributed by atoms with E-state index in [1.165, 1.54) is 56.1 Å². The van der Waals surface area contributed by atoms with Crippen molar-refractivity contribution in [3.05, 3.63) is 59.7 Å². The Morgan fingerprint density at radius 1 is 0.792 bits per heavy atom. The summed E-state index contributed by atoms with van der Waals surface area (Å²) in [6, 6.07) is 17.1. The molecule has 0 unspecified atom stereocenters. The number of aromatic nitrogens is 3. The zero-order valence-corrected chi connectivity index (χ0v) is 14.6. The van der Waals surface area contributed by atoms with Crippen LogP contribution < -0.4 is 0 Å². The minimum absolute atomic E-state index is 0.776. The number of fused-ring (bicyclic) bond motifs is 1. The van der Waals surface area contributed by atoms with E-state index in [0.717, 1.165) is 17.6 Å². The number of benzene rings is 2. The van der Waals surface area contributed by atoms with E-state index in [1.54, 1.807) is 0 Å². The molecular formula is C21H27N3. The van der Waals surface area contributed by atoms with Crippen LogP contribution in [0.25, 0.3) is 11.0 Å². The van der Waals surface area contributed by atoms with Gasteiger partial charge in [-0.1, -0.05) is 80.6 Å². The van der Waals surface area contributed by atoms with Crippen LogP contribution >= 0.6 is 0 Å². The third-order valence-corrected chi connectivity index (χ3v) is 4.59. The van der Waals surface area contributed by atoms with Gasteiger partial charge in [0, 0.05) is 0 Å². The Kier molecular flexibility index (Phi) is 6.00. The summed E-state index contributed by atoms with van der Waals surface area (Å²) in [5, 5.41) is 8.48. The summed E-state index contributed by atoms with van der Waals surface area (Å²) in [6.45, 7) is 3.04. The molecule has 1 aromatic heterocycles. The maximum Gasteiger partial charge on any atom is 0.113 e. The molecule has 126 valence electrons. The number of nitrogens with zero attached hydrogens (tertiary/aromatic N) is 3. The van der Waals surface area contributed by atoms with Crippen LogP contribution in [0.1, 0.15) is 56.6 Å². The zero-order valence-electron chi connectivity index (χ0n) is 14.6. The van der Waals surface area contributed by atoms with Gasteiger partial charge in [0.25, 0.3) is 0 Å². The molecule has 0 aliphatic heterocycles. The summed E-state index contributed by atoms with van der Waals surface area (Å²) in [6.07, 6.45) is 9.32. The Morgan fingerprint density at radius 3 is 2.33 bits per heavy atom. The lowest BCUT2D eigenvalue weighted by molar-refractivity contribution is 0.607. The Labute approximate surface area is 144 Å². The molecular weight excluding hydrogens is 294 g/mol. The summed E-state index contributed by atoms with van der Waals surface area (Å²) >= 11 is 0. The Hall–Kier alpha value is -2.16. The Bertz CT molecular complexity index is 743. The topological polar surface area (TPSA) is 30.7 Å². The second-order valence-corrected chi connectivity index (χ2v) is 6.57. The zero-order chi connectivity index (χ0) is 16.6. The molecule has 0 amide bonds. The Balaban J connectivity index is 1.51. The van der Waals surface area contributed by atoms with Gasteiger partial charge in [-0.3, -0.25) is 0 Å². The molecule has 0 radical (unpaired) electrons. The van der Waals surface area contributed by atoms with Gasteiger partial charge in [-0.25, -0.2) is 4.68 Å². The fourth-order valence-corrected chi connectivity index (χ4v) is 3.13. The van der Waals surface area contributed by atoms with Gasteiger partial charge >= 0.3 is 0 Å². The predicted octanol–water partition coefficient (Wildman–Crippen LogP) is 5.38. The van der Waals surface area contributed by atoms with Crippen LogP contribution in [0.5, 0.6) is 0 Å². The standard InChI is InChI=1S/C21H27N3/c1-2-3-4-5-6-7-10-18-13-15-19(16-14-18)17-24-21-12-9-8-11-20(21)22-23-24/h8-9,11-16H,2-7,10,17H2,1H3. The van der Waals surface area contributed by atoms with E-state index in [4.69, 9.17) is 0 Å². The van der Waals surface area contributed by atoms with Crippen LogP contribution in [-0.2, 0) is 13.0 Å². The van der Waals surface area contributed by atoms with E-state index in [-0.39, 0.29) is 0 Å². The molecule has 24 heavy (non-hydrogen) atoms. The second kappa shape index (κ2) is 8.62. The first-order valence-corrected chi connectivity index (χ1v) is 9.23. The molecule has 0 aliphatic rings. The lowest BCUT2D eigenvalue weighted by atomic mass is 10.0. The van der Waals surface area contributed by atoms with Crippen LogP contribution in [0.2, 0.25) is 0 Å². The van der Waals surface area contributed by atoms with Gasteiger partial charge in [0.15, 0.2) is 0 Å². The van der Waals surface area contributed by atoms with E-state index >= 15 is 0 Å². The molecule has 3 nitrogen and oxygen atoms in total. The van der Waals surface area contributed by atoms with E-state index in [9.17, 15) is 0 Å². The first-order valence-electron chi connectivity index (χ1n) is 9.23. The molecule has 0 spiro atoms. The summed E-state index contributed by atoms with van der Waals surface area (Å²) in [5.74, 6) is 0. The molecule has 1 heterocycles. The van der Waals surface area contributed by atoms with Crippen molar-refractivity contribution in [2.24, 2.45) is 0 Å². The smallest absolute Gasteiger partial charge is 0.113 e. The number of rotatable bonds is 9. The highest BCUT2D eigenvalue weighted by molar-refractivity contribution is 5.73. The summed E-state index contributed by atoms with van der Waals surface area (Å²) < 4.78 is 1.97. The average molecular weight is 321 g/mol. The van der Waals surface area contributed by atoms with Crippen molar-refractivity contribution in [2.75, 3.05) is 0 Å². The molecule has 0 N–H and O–H groups in total. The SMILES string of the molecule is CCCCCCCCc1ccc(Cn2nnc3ccccc32)cc1. The number of hydrogen-bond donors (Lipinski definition) is 0. The van der Waals surface area contributed by atoms with Crippen LogP contribution in [-0.4, -0.2) is 15.0 Å². The van der Waals surface area contributed by atoms with E-state index in [2.05, 4.69) is 47.6 Å². The molecule has 3 heteroatoms. The maximum absolute atomic E-state index is 4.26. The number of aryl methyl sites for hydroxylation is 1. The first-order chi connectivity index (χ1) is 11.9. The van der Waals surface area contributed by atoms with Crippen molar-refractivity contribution in [3.63, 3.8) is 0 Å². The summed E-state index contributed by atoms with van der Waals surface area (Å²) in [4.78, 5) is 0. The summed E-state index contributed by atoms with van der Waals surface area (Å²) in [5.41, 5.74) is 4.76. The van der Waals surface area contributed by atoms with Crippen LogP contribution in [0.15, 0.2) is 48.5 Å². The van der Waals surface area contributed by atoms with E-state index in [0.29, 0.717) is 0 Å². The molecule has 0 fully saturated rings. The number of unbranched alkanes of at least 4 members (excludes halogenated alkanes) is 5. The number of hydrogen-bond acceptors (Lipinski definition) is 2. The Morgan fingerprint density at radius 2 is 1.50 bits per heavy atom. The van der Waals surface area contributed by atoms with Crippen molar-refractivity contribution < 1.29 is 0 Å². The maximum atomic E-state index is 4.26. The van der Waals surface area contributed by atoms with Gasteiger partial charge in [0.1, 0.15) is 5.52 Å². The van der Waals surface area contributed by atoms with Crippen LogP contribution in [0.4, 0.5) is 0 Å². The third kappa shape index (κ3) is 4.44. The molecule has 0 aliphatic carbocycles. The van der Waals surface area contributed by atoms with Crippen LogP contribution in [0.3, 0.4) is 0 Å². The van der Waals surface area contributed by atoms with E-state index < -0.39 is 0 Å². The largest absolute Gasteiger partial charge is 0.240 e. The fraction of sp³-hybridized carbons (Fsp3) is 0.429. The van der Waals surface area contributed by atoms with Crippen molar-refractivity contribution in [2.45, 2.75) is 58.4 Å². The first kappa shape index (κ1) is 16.7. The monoisotopic (exact) mass is 321 g/mol. The van der Waals surface area contributed by atoms with Gasteiger partial charge in [0.2, 0.25) is 0 Å². The fourth-order valence-electron chi connectivity index (χ4n) is 3.13. The highest BCUT2D eigenvalue weighted by Crippen LogP contribution is 2.14. The molecule has 3 aromatic rings. The van der Waals surface area contributed by atoms with Crippen LogP contribution in [0, 0.1) is 0 Å². The normalized spacial score (nSPS) is 11.2. The quantitative estimate of drug-likeness (QED) is 0.495. The van der Waals surface area contributed by atoms with Gasteiger partial charge in [-0.05, 0) is 36.1 Å². The highest BCUT2D eigenvalue weighted by atomic mass is 15.4. The lowest BCUT2D eigenvalue weighted by Gasteiger charge is -2.05. The molecule has 0 saturated heterocycles. The minimum atomic E-state index is 0.776. The third-order valence-electron chi connectivity index (χ3n) is 4.59. The second-order valence-electron chi connectivity index (χ2n) is 6.57. The average Bonchev–Trinajstić information content (AvgIpc) is 3.03. The van der Waals surface area contributed by atoms with Gasteiger partial charge in [-0.15, -0.1) is 5.10 Å². The van der Waals surface area contributed by atoms with E-state index in [1.807, 2.05) is 22.9 Å². The summed E-state index contributed by atoms with van der Waals surface area (Å²) in [7, 11) is 0. The molecule has 0 atom stereocenters. The van der Waals surface area contributed by atoms with Gasteiger partial charge in [-0.2, -0.15) is 0 Å². The van der Waals surface area contributed by atoms with Crippen molar-refractivity contribution in [1.82, 2.24) is 15.0 Å². The predicted molar refractivity (Wildman–Crippen MR) is 100 cm³/mol. The number of para-hydroxylation sites is 1. The van der Waals surface area contributed by atoms with Crippen molar-refractivity contribution in [3.8, 4) is 0 Å². The minimum Gasteiger partial charge on any atom is -0.240 e. The van der Waals surface area contributed by atoms with Gasteiger partial charge < -0.3 is 0 Å². The van der Waals surface area contributed by atoms with Gasteiger partial charge in [0.05, 0.1) is 12.1 Å². The molecule has 0 bridgehead atoms. The molecule has 0 saturated carbocycles.